The zero-order valence-corrected chi connectivity index (χ0v) is 10.6. The zero-order chi connectivity index (χ0) is 11.8. The Labute approximate surface area is 104 Å². The topological polar surface area (TPSA) is 29.3 Å². The van der Waals surface area contributed by atoms with E-state index in [4.69, 9.17) is 5.73 Å². The minimum Gasteiger partial charge on any atom is -0.399 e. The summed E-state index contributed by atoms with van der Waals surface area (Å²) in [4.78, 5) is 2.62. The van der Waals surface area contributed by atoms with E-state index in [0.29, 0.717) is 0 Å². The van der Waals surface area contributed by atoms with Gasteiger partial charge in [0.1, 0.15) is 0 Å². The number of nitrogens with zero attached hydrogens (tertiary/aromatic N) is 1. The average Bonchev–Trinajstić information content (AvgIpc) is 2.57. The molecule has 3 atom stereocenters. The maximum atomic E-state index is 6.06. The Morgan fingerprint density at radius 2 is 1.94 bits per heavy atom. The van der Waals surface area contributed by atoms with Gasteiger partial charge < -0.3 is 10.6 Å². The largest absolute Gasteiger partial charge is 0.399 e. The first-order valence-corrected chi connectivity index (χ1v) is 6.81. The number of hydrogen-bond donors (Lipinski definition) is 1. The number of benzene rings is 1. The Morgan fingerprint density at radius 1 is 1.18 bits per heavy atom. The molecule has 0 aromatic heterocycles. The second kappa shape index (κ2) is 4.34. The van der Waals surface area contributed by atoms with E-state index in [-0.39, 0.29) is 0 Å². The Kier molecular flexibility index (Phi) is 2.83. The molecule has 2 fully saturated rings. The molecule has 3 rings (SSSR count). The highest BCUT2D eigenvalue weighted by molar-refractivity contribution is 5.46. The summed E-state index contributed by atoms with van der Waals surface area (Å²) >= 11 is 0. The fourth-order valence-electron chi connectivity index (χ4n) is 3.80. The fraction of sp³-hybridized carbons (Fsp3) is 0.600. The van der Waals surface area contributed by atoms with Crippen molar-refractivity contribution in [2.24, 2.45) is 5.92 Å². The van der Waals surface area contributed by atoms with Gasteiger partial charge in [-0.3, -0.25) is 0 Å². The standard InChI is InChI=1S/C15H22N2/c1-17-13-7-6-12(15(17)9-8-13)10-11-4-2-3-5-14(11)16/h2-5,12-13,15H,6-10,16H2,1H3. The van der Waals surface area contributed by atoms with Crippen LogP contribution < -0.4 is 5.73 Å². The number of piperidine rings is 1. The molecule has 1 aromatic carbocycles. The van der Waals surface area contributed by atoms with E-state index in [9.17, 15) is 0 Å². The number of rotatable bonds is 2. The molecule has 2 aliphatic heterocycles. The van der Waals surface area contributed by atoms with Gasteiger partial charge in [-0.05, 0) is 56.7 Å². The third-order valence-corrected chi connectivity index (χ3v) is 4.85. The normalized spacial score (nSPS) is 32.9. The van der Waals surface area contributed by atoms with Gasteiger partial charge in [-0.1, -0.05) is 18.2 Å². The van der Waals surface area contributed by atoms with Gasteiger partial charge >= 0.3 is 0 Å². The Balaban J connectivity index is 1.75. The summed E-state index contributed by atoms with van der Waals surface area (Å²) in [5.41, 5.74) is 8.37. The summed E-state index contributed by atoms with van der Waals surface area (Å²) in [6, 6.07) is 10.0. The van der Waals surface area contributed by atoms with Crippen molar-refractivity contribution in [3.05, 3.63) is 29.8 Å². The van der Waals surface area contributed by atoms with Crippen molar-refractivity contribution in [1.82, 2.24) is 4.90 Å². The number of anilines is 1. The molecular formula is C15H22N2. The van der Waals surface area contributed by atoms with Crippen molar-refractivity contribution in [3.8, 4) is 0 Å². The maximum Gasteiger partial charge on any atom is 0.0346 e. The third-order valence-electron chi connectivity index (χ3n) is 4.85. The van der Waals surface area contributed by atoms with Crippen molar-refractivity contribution in [2.45, 2.75) is 44.2 Å². The van der Waals surface area contributed by atoms with Crippen LogP contribution in [0.15, 0.2) is 24.3 Å². The molecule has 2 saturated heterocycles. The van der Waals surface area contributed by atoms with Crippen molar-refractivity contribution in [1.29, 1.82) is 0 Å². The van der Waals surface area contributed by atoms with Crippen LogP contribution in [0.3, 0.4) is 0 Å². The molecule has 2 heteroatoms. The van der Waals surface area contributed by atoms with Crippen molar-refractivity contribution < 1.29 is 0 Å². The molecule has 0 aliphatic carbocycles. The zero-order valence-electron chi connectivity index (χ0n) is 10.6. The molecule has 0 spiro atoms. The number of fused-ring (bicyclic) bond motifs is 2. The molecule has 3 unspecified atom stereocenters. The molecule has 1 aromatic rings. The first kappa shape index (κ1) is 11.1. The summed E-state index contributed by atoms with van der Waals surface area (Å²) in [5, 5.41) is 0. The molecule has 0 amide bonds. The van der Waals surface area contributed by atoms with E-state index in [1.54, 1.807) is 0 Å². The second-order valence-corrected chi connectivity index (χ2v) is 5.70. The summed E-state index contributed by atoms with van der Waals surface area (Å²) in [5.74, 6) is 0.809. The monoisotopic (exact) mass is 230 g/mol. The molecule has 2 bridgehead atoms. The van der Waals surface area contributed by atoms with Gasteiger partial charge in [0.25, 0.3) is 0 Å². The molecule has 2 aliphatic rings. The lowest BCUT2D eigenvalue weighted by Gasteiger charge is -2.37. The van der Waals surface area contributed by atoms with E-state index >= 15 is 0 Å². The van der Waals surface area contributed by atoms with Crippen LogP contribution in [0.5, 0.6) is 0 Å². The smallest absolute Gasteiger partial charge is 0.0346 e. The second-order valence-electron chi connectivity index (χ2n) is 5.70. The van der Waals surface area contributed by atoms with E-state index in [1.165, 1.54) is 31.2 Å². The minimum atomic E-state index is 0.799. The van der Waals surface area contributed by atoms with Crippen molar-refractivity contribution >= 4 is 5.69 Å². The van der Waals surface area contributed by atoms with Gasteiger partial charge in [-0.15, -0.1) is 0 Å². The van der Waals surface area contributed by atoms with Gasteiger partial charge in [-0.25, -0.2) is 0 Å². The number of nitrogen functional groups attached to an aromatic ring is 1. The molecule has 0 saturated carbocycles. The summed E-state index contributed by atoms with van der Waals surface area (Å²) in [7, 11) is 2.31. The van der Waals surface area contributed by atoms with Crippen LogP contribution >= 0.6 is 0 Å². The molecular weight excluding hydrogens is 208 g/mol. The van der Waals surface area contributed by atoms with Crippen LogP contribution in [0.2, 0.25) is 0 Å². The van der Waals surface area contributed by atoms with Gasteiger partial charge in [0, 0.05) is 17.8 Å². The number of para-hydroxylation sites is 1. The van der Waals surface area contributed by atoms with Gasteiger partial charge in [0.2, 0.25) is 0 Å². The SMILES string of the molecule is CN1C2CCC(Cc3ccccc3N)C1CC2. The van der Waals surface area contributed by atoms with E-state index < -0.39 is 0 Å². The predicted octanol–water partition coefficient (Wildman–Crippen LogP) is 2.68. The lowest BCUT2D eigenvalue weighted by atomic mass is 9.85. The number of nitrogens with two attached hydrogens (primary N) is 1. The van der Waals surface area contributed by atoms with Crippen LogP contribution in [-0.2, 0) is 6.42 Å². The number of hydrogen-bond acceptors (Lipinski definition) is 2. The molecule has 0 radical (unpaired) electrons. The van der Waals surface area contributed by atoms with Crippen LogP contribution in [0.25, 0.3) is 0 Å². The average molecular weight is 230 g/mol. The molecule has 17 heavy (non-hydrogen) atoms. The van der Waals surface area contributed by atoms with Gasteiger partial charge in [-0.2, -0.15) is 0 Å². The van der Waals surface area contributed by atoms with Gasteiger partial charge in [0.15, 0.2) is 0 Å². The third kappa shape index (κ3) is 1.95. The Bertz CT molecular complexity index is 402. The van der Waals surface area contributed by atoms with E-state index in [0.717, 1.165) is 30.1 Å². The highest BCUT2D eigenvalue weighted by Gasteiger charge is 2.39. The highest BCUT2D eigenvalue weighted by Crippen LogP contribution is 2.39. The lowest BCUT2D eigenvalue weighted by molar-refractivity contribution is 0.120. The summed E-state index contributed by atoms with van der Waals surface area (Å²) in [6.45, 7) is 0. The quantitative estimate of drug-likeness (QED) is 0.791. The van der Waals surface area contributed by atoms with Crippen molar-refractivity contribution in [2.75, 3.05) is 12.8 Å². The van der Waals surface area contributed by atoms with Gasteiger partial charge in [0.05, 0.1) is 0 Å². The Hall–Kier alpha value is -1.02. The molecule has 2 N–H and O–H groups in total. The predicted molar refractivity (Wildman–Crippen MR) is 71.9 cm³/mol. The summed E-state index contributed by atoms with van der Waals surface area (Å²) < 4.78 is 0. The van der Waals surface area contributed by atoms with Crippen LogP contribution in [-0.4, -0.2) is 24.0 Å². The van der Waals surface area contributed by atoms with E-state index in [1.807, 2.05) is 12.1 Å². The van der Waals surface area contributed by atoms with Crippen LogP contribution in [0.4, 0.5) is 5.69 Å². The van der Waals surface area contributed by atoms with Crippen LogP contribution in [0.1, 0.15) is 31.2 Å². The van der Waals surface area contributed by atoms with Crippen LogP contribution in [0, 0.1) is 5.92 Å². The first-order valence-electron chi connectivity index (χ1n) is 6.81. The minimum absolute atomic E-state index is 0.799. The molecule has 2 heterocycles. The highest BCUT2D eigenvalue weighted by atomic mass is 15.2. The van der Waals surface area contributed by atoms with Crippen molar-refractivity contribution in [3.63, 3.8) is 0 Å². The van der Waals surface area contributed by atoms with E-state index in [2.05, 4.69) is 24.1 Å². The fourth-order valence-corrected chi connectivity index (χ4v) is 3.80. The Morgan fingerprint density at radius 3 is 2.76 bits per heavy atom. The lowest BCUT2D eigenvalue weighted by Crippen LogP contribution is -2.42. The maximum absolute atomic E-state index is 6.06. The molecule has 2 nitrogen and oxygen atoms in total. The first-order chi connectivity index (χ1) is 8.25. The molecule has 92 valence electrons. The summed E-state index contributed by atoms with van der Waals surface area (Å²) in [6.07, 6.45) is 6.72.